The lowest BCUT2D eigenvalue weighted by atomic mass is 10.0. The third kappa shape index (κ3) is 4.77. The Labute approximate surface area is 336 Å². The van der Waals surface area contributed by atoms with Crippen molar-refractivity contribution in [3.8, 4) is 34.4 Å². The highest BCUT2D eigenvalue weighted by atomic mass is 16.3. The van der Waals surface area contributed by atoms with E-state index in [9.17, 15) is 0 Å². The van der Waals surface area contributed by atoms with E-state index in [0.717, 1.165) is 82.4 Å². The molecule has 0 saturated carbocycles. The Bertz CT molecular complexity index is 3800. The fraction of sp³-hybridized carbons (Fsp3) is 0. The maximum atomic E-state index is 6.79. The van der Waals surface area contributed by atoms with E-state index in [1.165, 1.54) is 21.5 Å². The lowest BCUT2D eigenvalue weighted by Gasteiger charge is -2.16. The fourth-order valence-electron chi connectivity index (χ4n) is 9.22. The molecule has 0 radical (unpaired) electrons. The Kier molecular flexibility index (Phi) is 6.63. The summed E-state index contributed by atoms with van der Waals surface area (Å²) < 4.78 is 11.3. The van der Waals surface area contributed by atoms with Crippen molar-refractivity contribution >= 4 is 87.1 Å². The van der Waals surface area contributed by atoms with Gasteiger partial charge in [0.1, 0.15) is 11.2 Å². The van der Waals surface area contributed by atoms with E-state index >= 15 is 0 Å². The molecule has 274 valence electrons. The second-order valence-corrected chi connectivity index (χ2v) is 15.3. The second kappa shape index (κ2) is 12.2. The standard InChI is InChI=1S/C53H31N5O/c1-2-14-32(15-3-1)51-54-52(56-53(55-51)58-45-24-12-8-20-37(45)38-21-9-13-25-46(38)58)43-30-42-41-27-34-17-5-7-19-36(34)29-49(41)59-50(42)31-48(43)57-44-23-11-10-22-39(44)40-26-33-16-4-6-18-35(33)28-47(40)57/h1-31H. The number of hydrogen-bond acceptors (Lipinski definition) is 4. The van der Waals surface area contributed by atoms with Crippen LogP contribution in [0.1, 0.15) is 0 Å². The van der Waals surface area contributed by atoms with Crippen LogP contribution in [0.2, 0.25) is 0 Å². The summed E-state index contributed by atoms with van der Waals surface area (Å²) in [4.78, 5) is 16.1. The quantitative estimate of drug-likeness (QED) is 0.180. The largest absolute Gasteiger partial charge is 0.456 e. The molecule has 0 amide bonds. The summed E-state index contributed by atoms with van der Waals surface area (Å²) in [5.41, 5.74) is 8.55. The highest BCUT2D eigenvalue weighted by molar-refractivity contribution is 6.16. The summed E-state index contributed by atoms with van der Waals surface area (Å²) in [6, 6.07) is 66.2. The first-order chi connectivity index (χ1) is 29.2. The van der Waals surface area contributed by atoms with Crippen LogP contribution >= 0.6 is 0 Å². The van der Waals surface area contributed by atoms with Crippen LogP contribution < -0.4 is 0 Å². The summed E-state index contributed by atoms with van der Waals surface area (Å²) in [6.07, 6.45) is 0. The number of fused-ring (bicyclic) bond motifs is 11. The molecule has 0 spiro atoms. The first-order valence-electron chi connectivity index (χ1n) is 19.9. The first kappa shape index (κ1) is 32.0. The average molecular weight is 754 g/mol. The highest BCUT2D eigenvalue weighted by Gasteiger charge is 2.24. The number of hydrogen-bond donors (Lipinski definition) is 0. The highest BCUT2D eigenvalue weighted by Crippen LogP contribution is 2.42. The molecular formula is C53H31N5O. The lowest BCUT2D eigenvalue weighted by molar-refractivity contribution is 0.669. The summed E-state index contributed by atoms with van der Waals surface area (Å²) in [6.45, 7) is 0. The van der Waals surface area contributed by atoms with Gasteiger partial charge in [-0.1, -0.05) is 133 Å². The number of furan rings is 1. The number of benzene rings is 9. The van der Waals surface area contributed by atoms with Crippen molar-refractivity contribution in [3.05, 3.63) is 188 Å². The van der Waals surface area contributed by atoms with Crippen molar-refractivity contribution in [2.24, 2.45) is 0 Å². The number of aromatic nitrogens is 5. The van der Waals surface area contributed by atoms with Gasteiger partial charge in [-0.15, -0.1) is 0 Å². The predicted octanol–water partition coefficient (Wildman–Crippen LogP) is 13.6. The van der Waals surface area contributed by atoms with Gasteiger partial charge in [0.15, 0.2) is 11.6 Å². The summed E-state index contributed by atoms with van der Waals surface area (Å²) in [7, 11) is 0. The topological polar surface area (TPSA) is 61.7 Å². The monoisotopic (exact) mass is 753 g/mol. The molecule has 59 heavy (non-hydrogen) atoms. The molecule has 0 unspecified atom stereocenters. The van der Waals surface area contributed by atoms with E-state index in [0.29, 0.717) is 17.6 Å². The van der Waals surface area contributed by atoms with Crippen LogP contribution in [0, 0.1) is 0 Å². The van der Waals surface area contributed by atoms with Gasteiger partial charge in [0.2, 0.25) is 5.95 Å². The minimum atomic E-state index is 0.550. The number of nitrogens with zero attached hydrogens (tertiary/aromatic N) is 5. The maximum Gasteiger partial charge on any atom is 0.238 e. The molecule has 0 N–H and O–H groups in total. The van der Waals surface area contributed by atoms with E-state index in [1.54, 1.807) is 0 Å². The zero-order valence-corrected chi connectivity index (χ0v) is 31.5. The van der Waals surface area contributed by atoms with Crippen molar-refractivity contribution < 1.29 is 4.42 Å². The minimum Gasteiger partial charge on any atom is -0.456 e. The molecule has 0 atom stereocenters. The minimum absolute atomic E-state index is 0.550. The second-order valence-electron chi connectivity index (χ2n) is 15.3. The molecular weight excluding hydrogens is 723 g/mol. The van der Waals surface area contributed by atoms with E-state index < -0.39 is 0 Å². The van der Waals surface area contributed by atoms with E-state index in [4.69, 9.17) is 19.4 Å². The SMILES string of the molecule is c1ccc(-c2nc(-c3cc4c(cc3-n3c5ccccc5c5cc6ccccc6cc53)oc3cc5ccccc5cc34)nc(-n3c4ccccc4c4ccccc43)n2)cc1. The molecule has 0 aliphatic carbocycles. The average Bonchev–Trinajstić information content (AvgIpc) is 3.93. The third-order valence-corrected chi connectivity index (χ3v) is 11.9. The van der Waals surface area contributed by atoms with Crippen LogP contribution in [0.5, 0.6) is 0 Å². The van der Waals surface area contributed by atoms with Gasteiger partial charge in [-0.05, 0) is 70.1 Å². The Morgan fingerprint density at radius 3 is 1.51 bits per heavy atom. The molecule has 0 aliphatic heterocycles. The fourth-order valence-corrected chi connectivity index (χ4v) is 9.22. The molecule has 6 nitrogen and oxygen atoms in total. The molecule has 0 aliphatic rings. The van der Waals surface area contributed by atoms with Gasteiger partial charge in [0, 0.05) is 49.5 Å². The summed E-state index contributed by atoms with van der Waals surface area (Å²) in [5, 5.41) is 11.3. The number of para-hydroxylation sites is 3. The molecule has 13 rings (SSSR count). The van der Waals surface area contributed by atoms with Crippen LogP contribution in [-0.4, -0.2) is 24.1 Å². The molecule has 4 aromatic heterocycles. The summed E-state index contributed by atoms with van der Waals surface area (Å²) in [5.74, 6) is 1.71. The van der Waals surface area contributed by atoms with Crippen LogP contribution in [-0.2, 0) is 0 Å². The van der Waals surface area contributed by atoms with Gasteiger partial charge < -0.3 is 8.98 Å². The van der Waals surface area contributed by atoms with Gasteiger partial charge in [-0.25, -0.2) is 4.98 Å². The molecule has 0 saturated heterocycles. The van der Waals surface area contributed by atoms with Gasteiger partial charge in [0.25, 0.3) is 0 Å². The van der Waals surface area contributed by atoms with Gasteiger partial charge in [0.05, 0.1) is 27.8 Å². The van der Waals surface area contributed by atoms with E-state index in [2.05, 4.69) is 179 Å². The van der Waals surface area contributed by atoms with Gasteiger partial charge in [-0.2, -0.15) is 9.97 Å². The summed E-state index contributed by atoms with van der Waals surface area (Å²) >= 11 is 0. The van der Waals surface area contributed by atoms with Crippen LogP contribution in [0.3, 0.4) is 0 Å². The van der Waals surface area contributed by atoms with E-state index in [1.807, 2.05) is 18.2 Å². The molecule has 4 heterocycles. The van der Waals surface area contributed by atoms with Crippen molar-refractivity contribution in [1.82, 2.24) is 24.1 Å². The molecule has 0 fully saturated rings. The first-order valence-corrected chi connectivity index (χ1v) is 19.9. The molecule has 6 heteroatoms. The van der Waals surface area contributed by atoms with Gasteiger partial charge >= 0.3 is 0 Å². The lowest BCUT2D eigenvalue weighted by Crippen LogP contribution is -2.08. The molecule has 13 aromatic rings. The van der Waals surface area contributed by atoms with Crippen LogP contribution in [0.25, 0.3) is 122 Å². The Balaban J connectivity index is 1.19. The zero-order chi connectivity index (χ0) is 38.6. The van der Waals surface area contributed by atoms with Crippen molar-refractivity contribution in [2.45, 2.75) is 0 Å². The van der Waals surface area contributed by atoms with E-state index in [-0.39, 0.29) is 0 Å². The van der Waals surface area contributed by atoms with Crippen LogP contribution in [0.4, 0.5) is 0 Å². The van der Waals surface area contributed by atoms with Crippen molar-refractivity contribution in [1.29, 1.82) is 0 Å². The predicted molar refractivity (Wildman–Crippen MR) is 242 cm³/mol. The normalized spacial score (nSPS) is 12.1. The van der Waals surface area contributed by atoms with Crippen LogP contribution in [0.15, 0.2) is 192 Å². The Morgan fingerprint density at radius 2 is 0.831 bits per heavy atom. The Hall–Kier alpha value is -8.09. The number of rotatable bonds is 4. The maximum absolute atomic E-state index is 6.79. The van der Waals surface area contributed by atoms with Crippen molar-refractivity contribution in [2.75, 3.05) is 0 Å². The molecule has 0 bridgehead atoms. The zero-order valence-electron chi connectivity index (χ0n) is 31.5. The third-order valence-electron chi connectivity index (χ3n) is 11.9. The smallest absolute Gasteiger partial charge is 0.238 e. The Morgan fingerprint density at radius 1 is 0.339 bits per heavy atom. The molecule has 9 aromatic carbocycles. The van der Waals surface area contributed by atoms with Crippen molar-refractivity contribution in [3.63, 3.8) is 0 Å². The van der Waals surface area contributed by atoms with Gasteiger partial charge in [-0.3, -0.25) is 4.57 Å².